The highest BCUT2D eigenvalue weighted by Gasteiger charge is 2.18. The lowest BCUT2D eigenvalue weighted by Gasteiger charge is -2.04. The maximum Gasteiger partial charge on any atom is 0.259 e. The smallest absolute Gasteiger partial charge is 0.259 e. The molecule has 0 aliphatic heterocycles. The number of hydrogen-bond acceptors (Lipinski definition) is 5. The molecule has 2 heterocycles. The van der Waals surface area contributed by atoms with E-state index in [-0.39, 0.29) is 17.2 Å². The Kier molecular flexibility index (Phi) is 4.85. The van der Waals surface area contributed by atoms with E-state index >= 15 is 0 Å². The fourth-order valence-electron chi connectivity index (χ4n) is 2.84. The first kappa shape index (κ1) is 18.8. The number of hydrogen-bond donors (Lipinski definition) is 2. The van der Waals surface area contributed by atoms with E-state index in [2.05, 4.69) is 9.97 Å². The van der Waals surface area contributed by atoms with Crippen molar-refractivity contribution in [3.05, 3.63) is 86.6 Å². The summed E-state index contributed by atoms with van der Waals surface area (Å²) in [6, 6.07) is 16.5. The van der Waals surface area contributed by atoms with E-state index in [0.717, 1.165) is 0 Å². The van der Waals surface area contributed by atoms with Crippen molar-refractivity contribution < 1.29 is 9.52 Å². The van der Waals surface area contributed by atoms with Crippen LogP contribution in [0, 0.1) is 11.3 Å². The standard InChI is InChI=1S/C21H11Cl2N3O3/c22-11-5-6-15(23)13(9-11)17-7-8-18(29-17)19(27)14(10-24)20-25-16-4-2-1-3-12(16)21(28)26-20/h1-9,27H,(H,25,26,28). The summed E-state index contributed by atoms with van der Waals surface area (Å²) in [5.74, 6) is -0.150. The number of nitrogens with zero attached hydrogens (tertiary/aromatic N) is 2. The van der Waals surface area contributed by atoms with E-state index in [1.54, 1.807) is 48.5 Å². The molecule has 142 valence electrons. The minimum Gasteiger partial charge on any atom is -0.503 e. The predicted molar refractivity (Wildman–Crippen MR) is 112 cm³/mol. The van der Waals surface area contributed by atoms with Gasteiger partial charge in [0.15, 0.2) is 17.3 Å². The summed E-state index contributed by atoms with van der Waals surface area (Å²) in [5.41, 5.74) is 0.287. The van der Waals surface area contributed by atoms with Gasteiger partial charge in [0.1, 0.15) is 17.4 Å². The fraction of sp³-hybridized carbons (Fsp3) is 0. The molecule has 0 saturated heterocycles. The maximum absolute atomic E-state index is 12.3. The Morgan fingerprint density at radius 2 is 1.93 bits per heavy atom. The van der Waals surface area contributed by atoms with Crippen LogP contribution in [0.3, 0.4) is 0 Å². The number of H-pyrrole nitrogens is 1. The maximum atomic E-state index is 12.3. The topological polar surface area (TPSA) is 103 Å². The van der Waals surface area contributed by atoms with Crippen LogP contribution in [-0.4, -0.2) is 15.1 Å². The van der Waals surface area contributed by atoms with Crippen LogP contribution in [0.4, 0.5) is 0 Å². The van der Waals surface area contributed by atoms with E-state index in [0.29, 0.717) is 32.3 Å². The summed E-state index contributed by atoms with van der Waals surface area (Å²) in [5, 5.41) is 21.5. The van der Waals surface area contributed by atoms with E-state index < -0.39 is 11.3 Å². The van der Waals surface area contributed by atoms with Crippen LogP contribution in [0.2, 0.25) is 10.0 Å². The third kappa shape index (κ3) is 3.49. The molecule has 29 heavy (non-hydrogen) atoms. The van der Waals surface area contributed by atoms with Crippen LogP contribution in [-0.2, 0) is 0 Å². The third-order valence-electron chi connectivity index (χ3n) is 4.23. The Morgan fingerprint density at radius 3 is 2.72 bits per heavy atom. The highest BCUT2D eigenvalue weighted by molar-refractivity contribution is 6.35. The number of halogens is 2. The summed E-state index contributed by atoms with van der Waals surface area (Å²) >= 11 is 12.2. The number of allylic oxidation sites excluding steroid dienone is 1. The van der Waals surface area contributed by atoms with Crippen molar-refractivity contribution in [2.75, 3.05) is 0 Å². The van der Waals surface area contributed by atoms with Gasteiger partial charge in [-0.05, 0) is 42.5 Å². The third-order valence-corrected chi connectivity index (χ3v) is 4.80. The van der Waals surface area contributed by atoms with Gasteiger partial charge in [0.05, 0.1) is 15.9 Å². The zero-order valence-corrected chi connectivity index (χ0v) is 16.1. The summed E-state index contributed by atoms with van der Waals surface area (Å²) in [4.78, 5) is 19.1. The molecule has 0 aliphatic carbocycles. The Morgan fingerprint density at radius 1 is 1.14 bits per heavy atom. The number of rotatable bonds is 3. The van der Waals surface area contributed by atoms with Gasteiger partial charge >= 0.3 is 0 Å². The molecule has 0 bridgehead atoms. The molecule has 2 aromatic heterocycles. The molecule has 6 nitrogen and oxygen atoms in total. The van der Waals surface area contributed by atoms with E-state index in [1.807, 2.05) is 6.07 Å². The van der Waals surface area contributed by atoms with Crippen molar-refractivity contribution in [2.45, 2.75) is 0 Å². The second-order valence-electron chi connectivity index (χ2n) is 6.06. The molecule has 2 aromatic carbocycles. The number of para-hydroxylation sites is 1. The van der Waals surface area contributed by atoms with E-state index in [1.165, 1.54) is 6.07 Å². The van der Waals surface area contributed by atoms with Gasteiger partial charge in [-0.3, -0.25) is 4.79 Å². The van der Waals surface area contributed by atoms with Crippen LogP contribution in [0.25, 0.3) is 33.6 Å². The molecule has 0 radical (unpaired) electrons. The lowest BCUT2D eigenvalue weighted by atomic mass is 10.1. The lowest BCUT2D eigenvalue weighted by Crippen LogP contribution is -2.11. The van der Waals surface area contributed by atoms with Gasteiger partial charge < -0.3 is 14.5 Å². The van der Waals surface area contributed by atoms with Gasteiger partial charge in [0.2, 0.25) is 0 Å². The molecule has 0 amide bonds. The van der Waals surface area contributed by atoms with Crippen LogP contribution >= 0.6 is 23.2 Å². The molecule has 2 N–H and O–H groups in total. The zero-order chi connectivity index (χ0) is 20.5. The fourth-order valence-corrected chi connectivity index (χ4v) is 3.23. The van der Waals surface area contributed by atoms with E-state index in [4.69, 9.17) is 27.6 Å². The molecular formula is C21H11Cl2N3O3. The van der Waals surface area contributed by atoms with Crippen molar-refractivity contribution in [1.82, 2.24) is 9.97 Å². The normalized spacial score (nSPS) is 11.9. The molecule has 0 spiro atoms. The highest BCUT2D eigenvalue weighted by Crippen LogP contribution is 2.34. The lowest BCUT2D eigenvalue weighted by molar-refractivity contribution is 0.465. The number of aromatic nitrogens is 2. The first-order valence-electron chi connectivity index (χ1n) is 8.36. The molecule has 0 saturated carbocycles. The summed E-state index contributed by atoms with van der Waals surface area (Å²) in [6.45, 7) is 0. The van der Waals surface area contributed by atoms with Gasteiger partial charge in [0.25, 0.3) is 5.56 Å². The number of furan rings is 1. The van der Waals surface area contributed by atoms with Crippen molar-refractivity contribution in [3.63, 3.8) is 0 Å². The van der Waals surface area contributed by atoms with Crippen molar-refractivity contribution in [2.24, 2.45) is 0 Å². The zero-order valence-electron chi connectivity index (χ0n) is 14.6. The van der Waals surface area contributed by atoms with Crippen LogP contribution in [0.1, 0.15) is 11.6 Å². The average molecular weight is 424 g/mol. The van der Waals surface area contributed by atoms with Gasteiger partial charge in [0, 0.05) is 10.6 Å². The summed E-state index contributed by atoms with van der Waals surface area (Å²) in [7, 11) is 0. The van der Waals surface area contributed by atoms with Gasteiger partial charge in [-0.1, -0.05) is 35.3 Å². The minimum atomic E-state index is -0.463. The summed E-state index contributed by atoms with van der Waals surface area (Å²) in [6.07, 6.45) is 0. The number of aromatic amines is 1. The minimum absolute atomic E-state index is 0.0170. The average Bonchev–Trinajstić information content (AvgIpc) is 3.20. The van der Waals surface area contributed by atoms with Crippen molar-refractivity contribution >= 4 is 45.4 Å². The SMILES string of the molecule is N#CC(=C(O)c1ccc(-c2cc(Cl)ccc2Cl)o1)c1nc2ccccc2c(=O)[nH]1. The van der Waals surface area contributed by atoms with Gasteiger partial charge in [-0.15, -0.1) is 0 Å². The molecule has 0 fully saturated rings. The predicted octanol–water partition coefficient (Wildman–Crippen LogP) is 5.44. The highest BCUT2D eigenvalue weighted by atomic mass is 35.5. The molecule has 4 rings (SSSR count). The molecule has 0 unspecified atom stereocenters. The number of nitriles is 1. The Hall–Kier alpha value is -3.53. The Bertz CT molecular complexity index is 1380. The van der Waals surface area contributed by atoms with Crippen molar-refractivity contribution in [1.29, 1.82) is 5.26 Å². The molecule has 4 aromatic rings. The molecule has 0 aliphatic rings. The van der Waals surface area contributed by atoms with Crippen LogP contribution < -0.4 is 5.56 Å². The second-order valence-corrected chi connectivity index (χ2v) is 6.90. The number of fused-ring (bicyclic) bond motifs is 1. The first-order chi connectivity index (χ1) is 14.0. The Labute approximate surface area is 174 Å². The number of nitrogens with one attached hydrogen (secondary N) is 1. The molecule has 0 atom stereocenters. The van der Waals surface area contributed by atoms with Crippen molar-refractivity contribution in [3.8, 4) is 17.4 Å². The van der Waals surface area contributed by atoms with Gasteiger partial charge in [-0.25, -0.2) is 4.98 Å². The van der Waals surface area contributed by atoms with Gasteiger partial charge in [-0.2, -0.15) is 5.26 Å². The number of benzene rings is 2. The first-order valence-corrected chi connectivity index (χ1v) is 9.12. The van der Waals surface area contributed by atoms with E-state index in [9.17, 15) is 15.2 Å². The quantitative estimate of drug-likeness (QED) is 0.337. The monoisotopic (exact) mass is 423 g/mol. The second kappa shape index (κ2) is 7.47. The molecular weight excluding hydrogens is 413 g/mol. The number of aliphatic hydroxyl groups is 1. The van der Waals surface area contributed by atoms with Crippen LogP contribution in [0.15, 0.2) is 63.8 Å². The summed E-state index contributed by atoms with van der Waals surface area (Å²) < 4.78 is 5.67. The number of aliphatic hydroxyl groups excluding tert-OH is 1. The molecule has 8 heteroatoms. The largest absolute Gasteiger partial charge is 0.503 e. The van der Waals surface area contributed by atoms with Crippen LogP contribution in [0.5, 0.6) is 0 Å². The Balaban J connectivity index is 1.83.